The second-order valence-corrected chi connectivity index (χ2v) is 5.87. The number of nitrogens with zero attached hydrogens (tertiary/aromatic N) is 1. The number of likely N-dealkylation sites (N-methyl/N-ethyl adjacent to an activating group) is 1. The summed E-state index contributed by atoms with van der Waals surface area (Å²) in [7, 11) is -1.93. The fourth-order valence-corrected chi connectivity index (χ4v) is 3.32. The first kappa shape index (κ1) is 15.5. The lowest BCUT2D eigenvalue weighted by atomic mass is 10.1. The van der Waals surface area contributed by atoms with Gasteiger partial charge >= 0.3 is 0 Å². The fraction of sp³-hybridized carbons (Fsp3) is 0.455. The van der Waals surface area contributed by atoms with E-state index in [1.165, 1.54) is 12.1 Å². The highest BCUT2D eigenvalue weighted by atomic mass is 32.2. The molecule has 0 fully saturated rings. The monoisotopic (exact) mass is 287 g/mol. The summed E-state index contributed by atoms with van der Waals surface area (Å²) >= 11 is 0. The van der Waals surface area contributed by atoms with Crippen molar-refractivity contribution >= 4 is 15.7 Å². The second kappa shape index (κ2) is 6.09. The molecule has 106 valence electrons. The molecule has 0 saturated carbocycles. The van der Waals surface area contributed by atoms with Crippen LogP contribution in [0.5, 0.6) is 0 Å². The van der Waals surface area contributed by atoms with Gasteiger partial charge in [-0.05, 0) is 32.0 Å². The van der Waals surface area contributed by atoms with Crippen molar-refractivity contribution in [3.8, 4) is 0 Å². The van der Waals surface area contributed by atoms with Gasteiger partial charge in [0.25, 0.3) is 5.69 Å². The van der Waals surface area contributed by atoms with Crippen molar-refractivity contribution in [1.82, 2.24) is 10.0 Å². The molecule has 0 atom stereocenters. The number of nitro groups is 1. The molecular weight excluding hydrogens is 270 g/mol. The number of hydrogen-bond acceptors (Lipinski definition) is 5. The van der Waals surface area contributed by atoms with Gasteiger partial charge < -0.3 is 5.32 Å². The number of aryl methyl sites for hydroxylation is 2. The number of sulfonamides is 1. The number of nitro benzene ring substituents is 1. The number of hydrogen-bond donors (Lipinski definition) is 2. The van der Waals surface area contributed by atoms with Gasteiger partial charge in [0.05, 0.1) is 9.82 Å². The first-order valence-electron chi connectivity index (χ1n) is 5.69. The molecule has 0 bridgehead atoms. The summed E-state index contributed by atoms with van der Waals surface area (Å²) in [6.45, 7) is 3.86. The molecule has 0 unspecified atom stereocenters. The van der Waals surface area contributed by atoms with Crippen molar-refractivity contribution < 1.29 is 13.3 Å². The van der Waals surface area contributed by atoms with E-state index in [-0.39, 0.29) is 17.1 Å². The van der Waals surface area contributed by atoms with E-state index in [0.717, 1.165) is 0 Å². The largest absolute Gasteiger partial charge is 0.318 e. The molecule has 0 aromatic heterocycles. The van der Waals surface area contributed by atoms with E-state index in [9.17, 15) is 18.5 Å². The van der Waals surface area contributed by atoms with Gasteiger partial charge in [-0.2, -0.15) is 0 Å². The van der Waals surface area contributed by atoms with Gasteiger partial charge in [0.15, 0.2) is 0 Å². The number of non-ortho nitro benzene ring substituents is 1. The fourth-order valence-electron chi connectivity index (χ4n) is 1.84. The summed E-state index contributed by atoms with van der Waals surface area (Å²) < 4.78 is 26.7. The highest BCUT2D eigenvalue weighted by Gasteiger charge is 2.22. The highest BCUT2D eigenvalue weighted by Crippen LogP contribution is 2.25. The molecule has 0 aliphatic carbocycles. The van der Waals surface area contributed by atoms with Crippen LogP contribution in [0.25, 0.3) is 0 Å². The molecule has 0 radical (unpaired) electrons. The van der Waals surface area contributed by atoms with Gasteiger partial charge in [-0.1, -0.05) is 0 Å². The molecule has 0 saturated heterocycles. The predicted molar refractivity (Wildman–Crippen MR) is 71.7 cm³/mol. The van der Waals surface area contributed by atoms with Crippen LogP contribution in [0.2, 0.25) is 0 Å². The molecule has 0 heterocycles. The first-order valence-corrected chi connectivity index (χ1v) is 7.18. The van der Waals surface area contributed by atoms with E-state index in [0.29, 0.717) is 17.7 Å². The van der Waals surface area contributed by atoms with Crippen molar-refractivity contribution in [3.63, 3.8) is 0 Å². The summed E-state index contributed by atoms with van der Waals surface area (Å²) in [6.07, 6.45) is 0. The molecule has 1 aromatic carbocycles. The van der Waals surface area contributed by atoms with Gasteiger partial charge in [0, 0.05) is 25.2 Å². The minimum Gasteiger partial charge on any atom is -0.318 e. The summed E-state index contributed by atoms with van der Waals surface area (Å²) in [5, 5.41) is 13.5. The first-order chi connectivity index (χ1) is 8.79. The van der Waals surface area contributed by atoms with Crippen LogP contribution in [0, 0.1) is 24.0 Å². The maximum Gasteiger partial charge on any atom is 0.270 e. The van der Waals surface area contributed by atoms with Crippen LogP contribution in [0.15, 0.2) is 17.0 Å². The SMILES string of the molecule is CNCCNS(=O)(=O)c1c(C)cc([N+](=O)[O-])cc1C. The molecule has 1 rings (SSSR count). The molecule has 0 aliphatic heterocycles. The molecular formula is C11H17N3O4S. The van der Waals surface area contributed by atoms with Crippen LogP contribution in [-0.4, -0.2) is 33.5 Å². The summed E-state index contributed by atoms with van der Waals surface area (Å²) in [4.78, 5) is 10.3. The Labute approximate surface area is 112 Å². The van der Waals surface area contributed by atoms with Crippen LogP contribution < -0.4 is 10.0 Å². The standard InChI is InChI=1S/C11H17N3O4S/c1-8-6-10(14(15)16)7-9(2)11(8)19(17,18)13-5-4-12-3/h6-7,12-13H,4-5H2,1-3H3. The number of benzene rings is 1. The van der Waals surface area contributed by atoms with E-state index in [1.54, 1.807) is 20.9 Å². The lowest BCUT2D eigenvalue weighted by Gasteiger charge is -2.11. The van der Waals surface area contributed by atoms with Crippen LogP contribution >= 0.6 is 0 Å². The maximum atomic E-state index is 12.1. The third-order valence-corrected chi connectivity index (χ3v) is 4.36. The van der Waals surface area contributed by atoms with Gasteiger partial charge in [0.2, 0.25) is 10.0 Å². The summed E-state index contributed by atoms with van der Waals surface area (Å²) in [5.41, 5.74) is 0.622. The van der Waals surface area contributed by atoms with Crippen molar-refractivity contribution in [2.24, 2.45) is 0 Å². The lowest BCUT2D eigenvalue weighted by molar-refractivity contribution is -0.385. The highest BCUT2D eigenvalue weighted by molar-refractivity contribution is 7.89. The number of nitrogens with one attached hydrogen (secondary N) is 2. The van der Waals surface area contributed by atoms with Crippen molar-refractivity contribution in [2.75, 3.05) is 20.1 Å². The van der Waals surface area contributed by atoms with Gasteiger partial charge in [-0.15, -0.1) is 0 Å². The van der Waals surface area contributed by atoms with E-state index in [4.69, 9.17) is 0 Å². The van der Waals surface area contributed by atoms with Crippen molar-refractivity contribution in [3.05, 3.63) is 33.4 Å². The third-order valence-electron chi connectivity index (χ3n) is 2.59. The molecule has 1 aromatic rings. The zero-order valence-electron chi connectivity index (χ0n) is 11.1. The molecule has 8 heteroatoms. The lowest BCUT2D eigenvalue weighted by Crippen LogP contribution is -2.31. The Morgan fingerprint density at radius 2 is 1.74 bits per heavy atom. The average molecular weight is 287 g/mol. The topological polar surface area (TPSA) is 101 Å². The Hall–Kier alpha value is -1.51. The molecule has 2 N–H and O–H groups in total. The van der Waals surface area contributed by atoms with E-state index >= 15 is 0 Å². The Bertz CT molecular complexity index is 561. The van der Waals surface area contributed by atoms with Gasteiger partial charge in [-0.25, -0.2) is 13.1 Å². The van der Waals surface area contributed by atoms with Crippen LogP contribution in [0.4, 0.5) is 5.69 Å². The maximum absolute atomic E-state index is 12.1. The van der Waals surface area contributed by atoms with Crippen LogP contribution in [-0.2, 0) is 10.0 Å². The van der Waals surface area contributed by atoms with Gasteiger partial charge in [0.1, 0.15) is 0 Å². The Morgan fingerprint density at radius 1 is 1.21 bits per heavy atom. The van der Waals surface area contributed by atoms with Crippen molar-refractivity contribution in [2.45, 2.75) is 18.7 Å². The summed E-state index contributed by atoms with van der Waals surface area (Å²) in [6, 6.07) is 2.53. The molecule has 0 aliphatic rings. The van der Waals surface area contributed by atoms with E-state index in [2.05, 4.69) is 10.0 Å². The van der Waals surface area contributed by atoms with Crippen LogP contribution in [0.1, 0.15) is 11.1 Å². The third kappa shape index (κ3) is 3.72. The Morgan fingerprint density at radius 3 is 2.16 bits per heavy atom. The van der Waals surface area contributed by atoms with E-state index in [1.807, 2.05) is 0 Å². The molecule has 0 spiro atoms. The smallest absolute Gasteiger partial charge is 0.270 e. The second-order valence-electron chi connectivity index (χ2n) is 4.17. The minimum atomic E-state index is -3.65. The number of rotatable bonds is 6. The van der Waals surface area contributed by atoms with E-state index < -0.39 is 14.9 Å². The normalized spacial score (nSPS) is 11.5. The zero-order valence-corrected chi connectivity index (χ0v) is 11.9. The Kier molecular flexibility index (Phi) is 4.98. The average Bonchev–Trinajstić information content (AvgIpc) is 2.27. The van der Waals surface area contributed by atoms with Crippen molar-refractivity contribution in [1.29, 1.82) is 0 Å². The van der Waals surface area contributed by atoms with Crippen LogP contribution in [0.3, 0.4) is 0 Å². The quantitative estimate of drug-likeness (QED) is 0.456. The van der Waals surface area contributed by atoms with Gasteiger partial charge in [-0.3, -0.25) is 10.1 Å². The summed E-state index contributed by atoms with van der Waals surface area (Å²) in [5.74, 6) is 0. The zero-order chi connectivity index (χ0) is 14.6. The molecule has 19 heavy (non-hydrogen) atoms. The predicted octanol–water partition coefficient (Wildman–Crippen LogP) is 0.709. The Balaban J connectivity index is 3.17. The minimum absolute atomic E-state index is 0.106. The molecule has 7 nitrogen and oxygen atoms in total. The molecule has 0 amide bonds.